The second kappa shape index (κ2) is 14.8. The SMILES string of the molecule is CC[C@H]1/C=C/[C@H](OCOC)[C@H](C=C(C)C)OC(=O)/C(C)=C/CC(=O)NC2=CC(=O)c3c(cc(C)c(O)c3C(=O)CC1)C2=O. The molecule has 2 aliphatic heterocycles. The van der Waals surface area contributed by atoms with Crippen LogP contribution in [-0.4, -0.2) is 60.4 Å². The van der Waals surface area contributed by atoms with Crippen LogP contribution in [0.15, 0.2) is 53.3 Å². The topological polar surface area (TPSA) is 145 Å². The lowest BCUT2D eigenvalue weighted by Crippen LogP contribution is -2.33. The fraction of sp³-hybridized carbons (Fsp3) is 0.424. The number of aromatic hydroxyl groups is 1. The first-order valence-corrected chi connectivity index (χ1v) is 14.2. The number of nitrogens with one attached hydrogen (secondary N) is 1. The van der Waals surface area contributed by atoms with Crippen molar-refractivity contribution >= 4 is 29.2 Å². The zero-order valence-electron chi connectivity index (χ0n) is 25.4. The monoisotopic (exact) mass is 593 g/mol. The van der Waals surface area contributed by atoms with Gasteiger partial charge in [-0.25, -0.2) is 4.79 Å². The number of rotatable bonds is 5. The molecule has 0 fully saturated rings. The molecular weight excluding hydrogens is 554 g/mol. The first-order valence-electron chi connectivity index (χ1n) is 14.2. The van der Waals surface area contributed by atoms with Crippen LogP contribution in [0, 0.1) is 12.8 Å². The minimum Gasteiger partial charge on any atom is -0.507 e. The van der Waals surface area contributed by atoms with Crippen molar-refractivity contribution in [2.24, 2.45) is 5.92 Å². The maximum Gasteiger partial charge on any atom is 0.334 e. The fourth-order valence-corrected chi connectivity index (χ4v) is 4.84. The van der Waals surface area contributed by atoms with Crippen LogP contribution in [-0.2, 0) is 23.8 Å². The van der Waals surface area contributed by atoms with E-state index in [1.54, 1.807) is 12.2 Å². The highest BCUT2D eigenvalue weighted by Gasteiger charge is 2.34. The van der Waals surface area contributed by atoms with Gasteiger partial charge in [0.2, 0.25) is 11.7 Å². The number of Topliss-reactive ketones (excluding diaryl/α,β-unsaturated/α-hetero) is 2. The van der Waals surface area contributed by atoms with E-state index in [4.69, 9.17) is 14.2 Å². The number of aryl methyl sites for hydroxylation is 1. The van der Waals surface area contributed by atoms with Crippen LogP contribution in [0.3, 0.4) is 0 Å². The predicted octanol–water partition coefficient (Wildman–Crippen LogP) is 4.84. The van der Waals surface area contributed by atoms with Gasteiger partial charge in [0.05, 0.1) is 11.3 Å². The highest BCUT2D eigenvalue weighted by molar-refractivity contribution is 6.28. The van der Waals surface area contributed by atoms with E-state index in [1.165, 1.54) is 33.1 Å². The quantitative estimate of drug-likeness (QED) is 0.278. The maximum atomic E-state index is 13.5. The Balaban J connectivity index is 2.11. The van der Waals surface area contributed by atoms with Crippen LogP contribution in [0.1, 0.15) is 90.0 Å². The third-order valence-electron chi connectivity index (χ3n) is 7.25. The van der Waals surface area contributed by atoms with E-state index in [2.05, 4.69) is 5.32 Å². The first-order chi connectivity index (χ1) is 20.4. The Morgan fingerprint density at radius 1 is 1.12 bits per heavy atom. The largest absolute Gasteiger partial charge is 0.507 e. The van der Waals surface area contributed by atoms with Gasteiger partial charge in [0.25, 0.3) is 0 Å². The molecule has 0 aromatic heterocycles. The summed E-state index contributed by atoms with van der Waals surface area (Å²) in [6.45, 7) is 8.65. The number of carbonyl (C=O) groups is 5. The van der Waals surface area contributed by atoms with Gasteiger partial charge in [0.1, 0.15) is 18.6 Å². The Morgan fingerprint density at radius 3 is 2.49 bits per heavy atom. The molecular formula is C33H39NO9. The van der Waals surface area contributed by atoms with Gasteiger partial charge in [0.15, 0.2) is 17.7 Å². The summed E-state index contributed by atoms with van der Waals surface area (Å²) < 4.78 is 16.7. The molecule has 3 atom stereocenters. The van der Waals surface area contributed by atoms with Crippen LogP contribution in [0.4, 0.5) is 0 Å². The average Bonchev–Trinajstić information content (AvgIpc) is 2.95. The van der Waals surface area contributed by atoms with Crippen LogP contribution in [0.25, 0.3) is 0 Å². The molecule has 2 N–H and O–H groups in total. The number of ketones is 3. The van der Waals surface area contributed by atoms with E-state index in [1.807, 2.05) is 26.8 Å². The number of hydrogen-bond donors (Lipinski definition) is 2. The highest BCUT2D eigenvalue weighted by Crippen LogP contribution is 2.34. The van der Waals surface area contributed by atoms with Crippen LogP contribution >= 0.6 is 0 Å². The molecule has 10 nitrogen and oxygen atoms in total. The molecule has 43 heavy (non-hydrogen) atoms. The predicted molar refractivity (Wildman–Crippen MR) is 159 cm³/mol. The second-order valence-electron chi connectivity index (χ2n) is 10.9. The molecule has 0 saturated carbocycles. The fourth-order valence-electron chi connectivity index (χ4n) is 4.84. The lowest BCUT2D eigenvalue weighted by Gasteiger charge is -2.24. The van der Waals surface area contributed by atoms with Crippen LogP contribution < -0.4 is 5.32 Å². The second-order valence-corrected chi connectivity index (χ2v) is 10.9. The number of carbonyl (C=O) groups excluding carboxylic acids is 5. The number of fused-ring (bicyclic) bond motifs is 13. The van der Waals surface area contributed by atoms with Crippen molar-refractivity contribution in [2.45, 2.75) is 72.5 Å². The van der Waals surface area contributed by atoms with E-state index >= 15 is 0 Å². The number of methoxy groups -OCH3 is 1. The first kappa shape index (κ1) is 33.4. The normalized spacial score (nSPS) is 24.0. The van der Waals surface area contributed by atoms with E-state index in [9.17, 15) is 29.1 Å². The standard InChI is InChI=1S/C33H39NO9/c1-7-21-9-11-24(35)30-29-22(15-20(5)31(30)38)32(39)23(16-25(29)36)34-28(37)13-8-19(4)33(40)43-27(14-18(2)3)26(12-10-21)42-17-41-6/h8,10,12,14-16,21,26-27,38H,7,9,11,13,17H2,1-6H3,(H,34,37)/b12-10+,19-8+/t21-,26+,27+/m1/s1. The number of esters is 1. The van der Waals surface area contributed by atoms with Gasteiger partial charge in [-0.3, -0.25) is 19.2 Å². The molecule has 230 valence electrons. The molecule has 0 saturated heterocycles. The number of ether oxygens (including phenoxy) is 3. The van der Waals surface area contributed by atoms with Crippen molar-refractivity contribution < 1.29 is 43.3 Å². The van der Waals surface area contributed by atoms with E-state index in [-0.39, 0.29) is 64.8 Å². The van der Waals surface area contributed by atoms with Crippen molar-refractivity contribution in [2.75, 3.05) is 13.9 Å². The van der Waals surface area contributed by atoms with Crippen molar-refractivity contribution in [3.63, 3.8) is 0 Å². The summed E-state index contributed by atoms with van der Waals surface area (Å²) in [6, 6.07) is 1.34. The number of phenols is 1. The van der Waals surface area contributed by atoms with Crippen LogP contribution in [0.2, 0.25) is 0 Å². The van der Waals surface area contributed by atoms with Crippen molar-refractivity contribution in [1.82, 2.24) is 5.32 Å². The van der Waals surface area contributed by atoms with Crippen LogP contribution in [0.5, 0.6) is 5.75 Å². The molecule has 3 aliphatic rings. The molecule has 1 aromatic carbocycles. The van der Waals surface area contributed by atoms with Gasteiger partial charge >= 0.3 is 5.97 Å². The van der Waals surface area contributed by atoms with Gasteiger partial charge in [-0.1, -0.05) is 30.7 Å². The zero-order valence-corrected chi connectivity index (χ0v) is 25.4. The van der Waals surface area contributed by atoms with Gasteiger partial charge in [-0.15, -0.1) is 0 Å². The van der Waals surface area contributed by atoms with E-state index in [0.29, 0.717) is 12.8 Å². The summed E-state index contributed by atoms with van der Waals surface area (Å²) in [4.78, 5) is 65.7. The smallest absolute Gasteiger partial charge is 0.334 e. The Kier molecular flexibility index (Phi) is 11.5. The Bertz CT molecular complexity index is 1430. The Hall–Kier alpha value is -4.15. The maximum absolute atomic E-state index is 13.5. The molecule has 2 heterocycles. The summed E-state index contributed by atoms with van der Waals surface area (Å²) in [6.07, 6.45) is 6.93. The van der Waals surface area contributed by atoms with Crippen molar-refractivity contribution in [3.05, 3.63) is 75.5 Å². The summed E-state index contributed by atoms with van der Waals surface area (Å²) in [5.41, 5.74) is 0.603. The van der Waals surface area contributed by atoms with Gasteiger partial charge < -0.3 is 24.6 Å². The summed E-state index contributed by atoms with van der Waals surface area (Å²) >= 11 is 0. The third-order valence-corrected chi connectivity index (χ3v) is 7.25. The molecule has 0 spiro atoms. The minimum atomic E-state index is -0.820. The summed E-state index contributed by atoms with van der Waals surface area (Å²) in [5, 5.41) is 13.3. The highest BCUT2D eigenvalue weighted by atomic mass is 16.7. The molecule has 10 heteroatoms. The molecule has 1 amide bonds. The molecule has 1 aromatic rings. The molecule has 0 unspecified atom stereocenters. The number of phenolic OH excluding ortho intramolecular Hbond substituents is 1. The molecule has 4 bridgehead atoms. The minimum absolute atomic E-state index is 0.0128. The number of allylic oxidation sites excluding steroid dienone is 4. The van der Waals surface area contributed by atoms with Crippen molar-refractivity contribution in [3.8, 4) is 5.75 Å². The summed E-state index contributed by atoms with van der Waals surface area (Å²) in [5.74, 6) is -3.57. The van der Waals surface area contributed by atoms with Gasteiger partial charge in [-0.2, -0.15) is 0 Å². The molecule has 0 radical (unpaired) electrons. The lowest BCUT2D eigenvalue weighted by atomic mass is 9.84. The van der Waals surface area contributed by atoms with Gasteiger partial charge in [0, 0.05) is 42.7 Å². The van der Waals surface area contributed by atoms with Crippen molar-refractivity contribution in [1.29, 1.82) is 0 Å². The zero-order chi connectivity index (χ0) is 31.8. The Morgan fingerprint density at radius 2 is 1.84 bits per heavy atom. The Labute approximate surface area is 251 Å². The van der Waals surface area contributed by atoms with E-state index in [0.717, 1.165) is 11.6 Å². The molecule has 4 rings (SSSR count). The number of benzene rings is 1. The number of hydrogen-bond acceptors (Lipinski definition) is 9. The summed E-state index contributed by atoms with van der Waals surface area (Å²) in [7, 11) is 1.48. The van der Waals surface area contributed by atoms with Gasteiger partial charge in [-0.05, 0) is 64.2 Å². The van der Waals surface area contributed by atoms with E-state index < -0.39 is 41.4 Å². The number of amides is 1. The lowest BCUT2D eigenvalue weighted by molar-refractivity contribution is -0.151. The average molecular weight is 594 g/mol. The third kappa shape index (κ3) is 8.24. The molecule has 1 aliphatic carbocycles.